The smallest absolute Gasteiger partial charge is 0.125 e. The van der Waals surface area contributed by atoms with Gasteiger partial charge in [-0.05, 0) is 69.9 Å². The minimum atomic E-state index is 0.527. The third kappa shape index (κ3) is 11.8. The van der Waals surface area contributed by atoms with E-state index in [0.717, 1.165) is 23.8 Å². The molecule has 4 heteroatoms. The number of allylic oxidation sites excluding steroid dienone is 2. The molecule has 4 nitrogen and oxygen atoms in total. The van der Waals surface area contributed by atoms with Crippen LogP contribution in [0.5, 0.6) is 0 Å². The first kappa shape index (κ1) is 33.3. The number of hydrogen-bond acceptors (Lipinski definition) is 4. The molecular formula is C32H52N4. The highest BCUT2D eigenvalue weighted by molar-refractivity contribution is 5.88. The summed E-state index contributed by atoms with van der Waals surface area (Å²) in [5, 5.41) is 3.64. The zero-order valence-electron chi connectivity index (χ0n) is 24.9. The van der Waals surface area contributed by atoms with Crippen LogP contribution in [-0.4, -0.2) is 34.5 Å². The van der Waals surface area contributed by atoms with Gasteiger partial charge in [0.25, 0.3) is 0 Å². The maximum atomic E-state index is 4.72. The number of hydrogen-bond donors (Lipinski definition) is 1. The Morgan fingerprint density at radius 2 is 1.69 bits per heavy atom. The van der Waals surface area contributed by atoms with Crippen LogP contribution in [0.4, 0.5) is 0 Å². The molecule has 1 N–H and O–H groups in total. The first-order chi connectivity index (χ1) is 17.3. The van der Waals surface area contributed by atoms with E-state index < -0.39 is 0 Å². The minimum absolute atomic E-state index is 0.527. The summed E-state index contributed by atoms with van der Waals surface area (Å²) in [5.41, 5.74) is 6.91. The summed E-state index contributed by atoms with van der Waals surface area (Å²) in [5.74, 6) is 0.772. The molecule has 1 unspecified atom stereocenters. The van der Waals surface area contributed by atoms with E-state index in [1.807, 2.05) is 46.9 Å². The van der Waals surface area contributed by atoms with Gasteiger partial charge in [-0.25, -0.2) is 9.97 Å². The quantitative estimate of drug-likeness (QED) is 0.319. The van der Waals surface area contributed by atoms with E-state index in [1.54, 1.807) is 0 Å². The predicted molar refractivity (Wildman–Crippen MR) is 161 cm³/mol. The summed E-state index contributed by atoms with van der Waals surface area (Å²) in [6.45, 7) is 21.7. The maximum Gasteiger partial charge on any atom is 0.125 e. The van der Waals surface area contributed by atoms with E-state index in [2.05, 4.69) is 99.5 Å². The topological polar surface area (TPSA) is 41.1 Å². The molecule has 0 aliphatic carbocycles. The number of aromatic nitrogens is 2. The van der Waals surface area contributed by atoms with Crippen molar-refractivity contribution >= 4 is 11.3 Å². The molecule has 1 atom stereocenters. The van der Waals surface area contributed by atoms with Crippen molar-refractivity contribution in [3.05, 3.63) is 83.1 Å². The molecule has 0 radical (unpaired) electrons. The Kier molecular flexibility index (Phi) is 18.0. The summed E-state index contributed by atoms with van der Waals surface area (Å²) in [6, 6.07) is 11.2. The fraction of sp³-hybridized carbons (Fsp3) is 0.500. The number of nitrogens with one attached hydrogen (secondary N) is 1. The zero-order valence-corrected chi connectivity index (χ0v) is 24.9. The second kappa shape index (κ2) is 19.5. The van der Waals surface area contributed by atoms with Crippen LogP contribution in [0.3, 0.4) is 0 Å². The van der Waals surface area contributed by atoms with Crippen LogP contribution in [0.1, 0.15) is 97.3 Å². The van der Waals surface area contributed by atoms with E-state index in [9.17, 15) is 0 Å². The normalized spacial score (nSPS) is 12.7. The molecule has 2 aromatic rings. The lowest BCUT2D eigenvalue weighted by Crippen LogP contribution is -2.27. The number of nitrogens with zero attached hydrogens (tertiary/aromatic N) is 3. The van der Waals surface area contributed by atoms with Crippen LogP contribution in [0.15, 0.2) is 60.5 Å². The van der Waals surface area contributed by atoms with E-state index in [1.165, 1.54) is 41.5 Å². The van der Waals surface area contributed by atoms with Crippen LogP contribution in [0.2, 0.25) is 0 Å². The standard InChI is InChI=1S/C28H40N4.2C2H6/c1-8-10-11-22(4)30-20-25(9-2)17-19-32(7)28(27-16-18-29-24(6)31-27)23(5)26-14-12-21(3)13-15-26;2*1-2/h9,12-19,22,30H,8,10-11,20H2,1-7H3;2*1-2H3/b19-17-,25-9+,28-23+;;. The second-order valence-corrected chi connectivity index (χ2v) is 8.54. The Morgan fingerprint density at radius 3 is 2.25 bits per heavy atom. The van der Waals surface area contributed by atoms with E-state index in [-0.39, 0.29) is 0 Å². The van der Waals surface area contributed by atoms with E-state index in [0.29, 0.717) is 6.04 Å². The van der Waals surface area contributed by atoms with Crippen molar-refractivity contribution in [1.29, 1.82) is 0 Å². The molecule has 1 aromatic carbocycles. The summed E-state index contributed by atoms with van der Waals surface area (Å²) in [4.78, 5) is 11.2. The Labute approximate surface area is 222 Å². The number of rotatable bonds is 11. The monoisotopic (exact) mass is 492 g/mol. The molecule has 36 heavy (non-hydrogen) atoms. The lowest BCUT2D eigenvalue weighted by atomic mass is 10.0. The SMILES string of the molecule is C/C=C(\C=C/N(C)/C(=C(\C)c1ccc(C)cc1)c1ccnc(C)n1)CNC(C)CCCC.CC.CC. The van der Waals surface area contributed by atoms with Gasteiger partial charge in [0.2, 0.25) is 0 Å². The van der Waals surface area contributed by atoms with Crippen LogP contribution >= 0.6 is 0 Å². The molecule has 200 valence electrons. The fourth-order valence-corrected chi connectivity index (χ4v) is 3.61. The third-order valence-electron chi connectivity index (χ3n) is 5.74. The Morgan fingerprint density at radius 1 is 1.06 bits per heavy atom. The minimum Gasteiger partial charge on any atom is -0.349 e. The molecule has 0 fully saturated rings. The highest BCUT2D eigenvalue weighted by atomic mass is 15.1. The van der Waals surface area contributed by atoms with Crippen molar-refractivity contribution in [1.82, 2.24) is 20.2 Å². The Balaban J connectivity index is 0.00000291. The van der Waals surface area contributed by atoms with Crippen LogP contribution in [-0.2, 0) is 0 Å². The van der Waals surface area contributed by atoms with E-state index >= 15 is 0 Å². The zero-order chi connectivity index (χ0) is 27.5. The van der Waals surface area contributed by atoms with Gasteiger partial charge in [-0.3, -0.25) is 0 Å². The van der Waals surface area contributed by atoms with Crippen molar-refractivity contribution in [2.45, 2.75) is 94.5 Å². The van der Waals surface area contributed by atoms with Crippen molar-refractivity contribution < 1.29 is 0 Å². The molecule has 0 saturated heterocycles. The average molecular weight is 493 g/mol. The number of benzene rings is 1. The molecule has 0 bridgehead atoms. The van der Waals surface area contributed by atoms with Crippen molar-refractivity contribution in [3.8, 4) is 0 Å². The van der Waals surface area contributed by atoms with Gasteiger partial charge in [0, 0.05) is 32.0 Å². The maximum absolute atomic E-state index is 4.72. The molecule has 2 rings (SSSR count). The molecule has 0 aliphatic rings. The molecule has 1 heterocycles. The number of aryl methyl sites for hydroxylation is 2. The number of unbranched alkanes of at least 4 members (excludes halogenated alkanes) is 1. The van der Waals surface area contributed by atoms with Gasteiger partial charge in [-0.15, -0.1) is 0 Å². The van der Waals surface area contributed by atoms with Crippen LogP contribution in [0.25, 0.3) is 11.3 Å². The van der Waals surface area contributed by atoms with Crippen molar-refractivity contribution in [3.63, 3.8) is 0 Å². The molecule has 1 aromatic heterocycles. The lowest BCUT2D eigenvalue weighted by molar-refractivity contribution is 0.515. The summed E-state index contributed by atoms with van der Waals surface area (Å²) in [6.07, 6.45) is 12.1. The largest absolute Gasteiger partial charge is 0.349 e. The third-order valence-corrected chi connectivity index (χ3v) is 5.74. The highest BCUT2D eigenvalue weighted by Gasteiger charge is 2.13. The molecule has 0 spiro atoms. The Bertz CT molecular complexity index is 939. The molecule has 0 saturated carbocycles. The first-order valence-corrected chi connectivity index (χ1v) is 13.7. The van der Waals surface area contributed by atoms with Gasteiger partial charge in [-0.2, -0.15) is 0 Å². The first-order valence-electron chi connectivity index (χ1n) is 13.7. The van der Waals surface area contributed by atoms with E-state index in [4.69, 9.17) is 4.98 Å². The van der Waals surface area contributed by atoms with Crippen molar-refractivity contribution in [2.24, 2.45) is 0 Å². The van der Waals surface area contributed by atoms with Gasteiger partial charge >= 0.3 is 0 Å². The lowest BCUT2D eigenvalue weighted by Gasteiger charge is -2.22. The van der Waals surface area contributed by atoms with Gasteiger partial charge in [-0.1, -0.05) is 83.4 Å². The summed E-state index contributed by atoms with van der Waals surface area (Å²) >= 11 is 0. The fourth-order valence-electron chi connectivity index (χ4n) is 3.61. The van der Waals surface area contributed by atoms with Gasteiger partial charge in [0.15, 0.2) is 0 Å². The highest BCUT2D eigenvalue weighted by Crippen LogP contribution is 2.28. The van der Waals surface area contributed by atoms with Gasteiger partial charge in [0.1, 0.15) is 5.82 Å². The summed E-state index contributed by atoms with van der Waals surface area (Å²) < 4.78 is 0. The van der Waals surface area contributed by atoms with Crippen molar-refractivity contribution in [2.75, 3.05) is 13.6 Å². The predicted octanol–water partition coefficient (Wildman–Crippen LogP) is 8.59. The van der Waals surface area contributed by atoms with Gasteiger partial charge < -0.3 is 10.2 Å². The van der Waals surface area contributed by atoms with Crippen LogP contribution < -0.4 is 5.32 Å². The Hall–Kier alpha value is -2.72. The van der Waals surface area contributed by atoms with Gasteiger partial charge in [0.05, 0.1) is 11.4 Å². The second-order valence-electron chi connectivity index (χ2n) is 8.54. The molecule has 0 aliphatic heterocycles. The average Bonchev–Trinajstić information content (AvgIpc) is 2.90. The van der Waals surface area contributed by atoms with Crippen LogP contribution in [0, 0.1) is 13.8 Å². The molecule has 0 amide bonds. The summed E-state index contributed by atoms with van der Waals surface area (Å²) in [7, 11) is 2.09. The molecular weight excluding hydrogens is 440 g/mol.